The first-order valence-electron chi connectivity index (χ1n) is 7.87. The number of benzene rings is 1. The fraction of sp³-hybridized carbons (Fsp3) is 0.167. The Balaban J connectivity index is 1.65. The molecular weight excluding hydrogens is 382 g/mol. The highest BCUT2D eigenvalue weighted by Gasteiger charge is 2.12. The van der Waals surface area contributed by atoms with Crippen molar-refractivity contribution in [3.05, 3.63) is 70.6 Å². The molecule has 0 bridgehead atoms. The Hall–Kier alpha value is -2.67. The maximum absolute atomic E-state index is 12.5. The van der Waals surface area contributed by atoms with Crippen LogP contribution in [0.2, 0.25) is 0 Å². The van der Waals surface area contributed by atoms with E-state index in [0.717, 1.165) is 15.7 Å². The van der Waals surface area contributed by atoms with Crippen molar-refractivity contribution in [1.82, 2.24) is 14.8 Å². The van der Waals surface area contributed by atoms with Gasteiger partial charge in [-0.2, -0.15) is 5.10 Å². The first-order chi connectivity index (χ1) is 12.1. The third-order valence-electron chi connectivity index (χ3n) is 3.55. The molecule has 128 valence electrons. The minimum atomic E-state index is -0.201. The number of hydrogen-bond acceptors (Lipinski definition) is 4. The zero-order chi connectivity index (χ0) is 17.6. The average molecular weight is 400 g/mol. The Kier molecular flexibility index (Phi) is 5.45. The second kappa shape index (κ2) is 7.94. The van der Waals surface area contributed by atoms with Gasteiger partial charge in [0.05, 0.1) is 18.3 Å². The van der Waals surface area contributed by atoms with Gasteiger partial charge in [-0.3, -0.25) is 9.48 Å². The Labute approximate surface area is 154 Å². The maximum atomic E-state index is 12.5. The van der Waals surface area contributed by atoms with Crippen LogP contribution in [-0.2, 0) is 6.54 Å². The second-order valence-corrected chi connectivity index (χ2v) is 6.48. The summed E-state index contributed by atoms with van der Waals surface area (Å²) in [5, 5.41) is 10.3. The van der Waals surface area contributed by atoms with Crippen molar-refractivity contribution in [1.29, 1.82) is 0 Å². The molecule has 2 aromatic heterocycles. The number of amides is 1. The van der Waals surface area contributed by atoms with E-state index in [1.807, 2.05) is 48.3 Å². The summed E-state index contributed by atoms with van der Waals surface area (Å²) in [6.07, 6.45) is 5.45. The van der Waals surface area contributed by atoms with Crippen molar-refractivity contribution in [3.63, 3.8) is 0 Å². The maximum Gasteiger partial charge on any atom is 0.259 e. The zero-order valence-corrected chi connectivity index (χ0v) is 15.3. The number of anilines is 2. The van der Waals surface area contributed by atoms with E-state index in [1.165, 1.54) is 0 Å². The zero-order valence-electron chi connectivity index (χ0n) is 13.7. The number of carbonyl (C=O) groups is 1. The number of carbonyl (C=O) groups excluding carboxylic acids is 1. The summed E-state index contributed by atoms with van der Waals surface area (Å²) in [6, 6.07) is 10.9. The summed E-state index contributed by atoms with van der Waals surface area (Å²) in [4.78, 5) is 16.8. The van der Waals surface area contributed by atoms with Gasteiger partial charge in [-0.25, -0.2) is 4.98 Å². The van der Waals surface area contributed by atoms with E-state index in [1.54, 1.807) is 18.3 Å². The van der Waals surface area contributed by atoms with Crippen molar-refractivity contribution < 1.29 is 4.79 Å². The lowest BCUT2D eigenvalue weighted by atomic mass is 10.2. The molecule has 3 rings (SSSR count). The van der Waals surface area contributed by atoms with Crippen LogP contribution in [0.5, 0.6) is 0 Å². The molecule has 6 nitrogen and oxygen atoms in total. The molecule has 0 atom stereocenters. The molecule has 0 aliphatic heterocycles. The van der Waals surface area contributed by atoms with E-state index in [0.29, 0.717) is 24.5 Å². The predicted octanol–water partition coefficient (Wildman–Crippen LogP) is 3.71. The van der Waals surface area contributed by atoms with E-state index in [9.17, 15) is 4.79 Å². The highest BCUT2D eigenvalue weighted by molar-refractivity contribution is 9.10. The molecular formula is C18H18BrN5O. The molecule has 0 saturated heterocycles. The lowest BCUT2D eigenvalue weighted by Crippen LogP contribution is -2.18. The number of pyridine rings is 1. The standard InChI is InChI=1S/C18H18BrN5O/c1-13-11-22-24(12-13)10-9-21-17-16(3-2-8-20-17)18(25)23-15-6-4-14(19)5-7-15/h2-8,11-12H,9-10H2,1H3,(H,20,21)(H,23,25). The fourth-order valence-corrected chi connectivity index (χ4v) is 2.60. The molecule has 0 spiro atoms. The van der Waals surface area contributed by atoms with E-state index < -0.39 is 0 Å². The predicted molar refractivity (Wildman–Crippen MR) is 102 cm³/mol. The Morgan fingerprint density at radius 3 is 2.76 bits per heavy atom. The number of aryl methyl sites for hydroxylation is 1. The molecule has 0 radical (unpaired) electrons. The van der Waals surface area contributed by atoms with Gasteiger partial charge in [-0.1, -0.05) is 15.9 Å². The van der Waals surface area contributed by atoms with E-state index in [-0.39, 0.29) is 5.91 Å². The molecule has 1 amide bonds. The van der Waals surface area contributed by atoms with Crippen LogP contribution in [-0.4, -0.2) is 27.2 Å². The van der Waals surface area contributed by atoms with Crippen molar-refractivity contribution >= 4 is 33.3 Å². The number of nitrogens with zero attached hydrogens (tertiary/aromatic N) is 3. The van der Waals surface area contributed by atoms with Gasteiger partial charge < -0.3 is 10.6 Å². The van der Waals surface area contributed by atoms with Crippen molar-refractivity contribution in [3.8, 4) is 0 Å². The molecule has 2 N–H and O–H groups in total. The fourth-order valence-electron chi connectivity index (χ4n) is 2.34. The molecule has 1 aromatic carbocycles. The summed E-state index contributed by atoms with van der Waals surface area (Å²) < 4.78 is 2.82. The lowest BCUT2D eigenvalue weighted by Gasteiger charge is -2.11. The average Bonchev–Trinajstić information content (AvgIpc) is 3.02. The van der Waals surface area contributed by atoms with Gasteiger partial charge in [0.25, 0.3) is 5.91 Å². The van der Waals surface area contributed by atoms with Crippen LogP contribution in [0.15, 0.2) is 59.5 Å². The van der Waals surface area contributed by atoms with Crippen LogP contribution < -0.4 is 10.6 Å². The molecule has 0 saturated carbocycles. The third kappa shape index (κ3) is 4.67. The summed E-state index contributed by atoms with van der Waals surface area (Å²) in [7, 11) is 0. The van der Waals surface area contributed by atoms with Gasteiger partial charge >= 0.3 is 0 Å². The van der Waals surface area contributed by atoms with Gasteiger partial charge in [-0.15, -0.1) is 0 Å². The molecule has 2 heterocycles. The molecule has 0 fully saturated rings. The van der Waals surface area contributed by atoms with Crippen LogP contribution in [0.25, 0.3) is 0 Å². The first-order valence-corrected chi connectivity index (χ1v) is 8.66. The normalized spacial score (nSPS) is 10.5. The smallest absolute Gasteiger partial charge is 0.259 e. The first kappa shape index (κ1) is 17.2. The molecule has 25 heavy (non-hydrogen) atoms. The summed E-state index contributed by atoms with van der Waals surface area (Å²) in [5.41, 5.74) is 2.35. The second-order valence-electron chi connectivity index (χ2n) is 5.57. The van der Waals surface area contributed by atoms with Crippen LogP contribution in [0.4, 0.5) is 11.5 Å². The van der Waals surface area contributed by atoms with Gasteiger partial charge in [-0.05, 0) is 48.9 Å². The number of rotatable bonds is 6. The lowest BCUT2D eigenvalue weighted by molar-refractivity contribution is 0.102. The molecule has 0 unspecified atom stereocenters. The highest BCUT2D eigenvalue weighted by atomic mass is 79.9. The van der Waals surface area contributed by atoms with Crippen molar-refractivity contribution in [2.75, 3.05) is 17.2 Å². The van der Waals surface area contributed by atoms with Gasteiger partial charge in [0.2, 0.25) is 0 Å². The van der Waals surface area contributed by atoms with E-state index >= 15 is 0 Å². The molecule has 0 aliphatic carbocycles. The van der Waals surface area contributed by atoms with Crippen LogP contribution >= 0.6 is 15.9 Å². The minimum Gasteiger partial charge on any atom is -0.368 e. The Bertz CT molecular complexity index is 860. The number of hydrogen-bond donors (Lipinski definition) is 2. The van der Waals surface area contributed by atoms with E-state index in [4.69, 9.17) is 0 Å². The largest absolute Gasteiger partial charge is 0.368 e. The number of nitrogens with one attached hydrogen (secondary N) is 2. The quantitative estimate of drug-likeness (QED) is 0.662. The van der Waals surface area contributed by atoms with Crippen LogP contribution in [0.3, 0.4) is 0 Å². The van der Waals surface area contributed by atoms with Crippen LogP contribution in [0.1, 0.15) is 15.9 Å². The van der Waals surface area contributed by atoms with Gasteiger partial charge in [0.15, 0.2) is 0 Å². The highest BCUT2D eigenvalue weighted by Crippen LogP contribution is 2.17. The summed E-state index contributed by atoms with van der Waals surface area (Å²) >= 11 is 3.38. The topological polar surface area (TPSA) is 71.8 Å². The summed E-state index contributed by atoms with van der Waals surface area (Å²) in [5.74, 6) is 0.355. The molecule has 0 aliphatic rings. The van der Waals surface area contributed by atoms with Gasteiger partial charge in [0.1, 0.15) is 5.82 Å². The monoisotopic (exact) mass is 399 g/mol. The van der Waals surface area contributed by atoms with E-state index in [2.05, 4.69) is 36.6 Å². The number of aromatic nitrogens is 3. The Morgan fingerprint density at radius 2 is 2.04 bits per heavy atom. The molecule has 7 heteroatoms. The summed E-state index contributed by atoms with van der Waals surface area (Å²) in [6.45, 7) is 3.31. The Morgan fingerprint density at radius 1 is 1.24 bits per heavy atom. The third-order valence-corrected chi connectivity index (χ3v) is 4.08. The van der Waals surface area contributed by atoms with Crippen molar-refractivity contribution in [2.45, 2.75) is 13.5 Å². The molecule has 3 aromatic rings. The number of halogens is 1. The minimum absolute atomic E-state index is 0.201. The van der Waals surface area contributed by atoms with Gasteiger partial charge in [0, 0.05) is 29.1 Å². The van der Waals surface area contributed by atoms with Crippen LogP contribution in [0, 0.1) is 6.92 Å². The SMILES string of the molecule is Cc1cnn(CCNc2ncccc2C(=O)Nc2ccc(Br)cc2)c1. The van der Waals surface area contributed by atoms with Crippen molar-refractivity contribution in [2.24, 2.45) is 0 Å².